The van der Waals surface area contributed by atoms with Crippen molar-refractivity contribution in [1.82, 2.24) is 5.32 Å². The highest BCUT2D eigenvalue weighted by molar-refractivity contribution is 5.39. The molecule has 1 saturated carbocycles. The van der Waals surface area contributed by atoms with Crippen molar-refractivity contribution in [1.29, 1.82) is 0 Å². The molecular weight excluding hydrogens is 186 g/mol. The van der Waals surface area contributed by atoms with Crippen molar-refractivity contribution in [2.24, 2.45) is 5.92 Å². The molecule has 0 heterocycles. The van der Waals surface area contributed by atoms with Crippen molar-refractivity contribution in [2.45, 2.75) is 19.3 Å². The molecule has 1 aromatic carbocycles. The molecule has 0 aliphatic heterocycles. The van der Waals surface area contributed by atoms with E-state index in [4.69, 9.17) is 4.74 Å². The van der Waals surface area contributed by atoms with Gasteiger partial charge in [-0.2, -0.15) is 0 Å². The van der Waals surface area contributed by atoms with Gasteiger partial charge in [-0.25, -0.2) is 0 Å². The predicted octanol–water partition coefficient (Wildman–Crippen LogP) is 2.41. The second-order valence-electron chi connectivity index (χ2n) is 4.13. The van der Waals surface area contributed by atoms with Crippen LogP contribution >= 0.6 is 0 Å². The van der Waals surface area contributed by atoms with Gasteiger partial charge in [-0.1, -0.05) is 18.2 Å². The van der Waals surface area contributed by atoms with Crippen LogP contribution in [-0.2, 0) is 0 Å². The fourth-order valence-electron chi connectivity index (χ4n) is 2.19. The maximum Gasteiger partial charge on any atom is 0.122 e. The Morgan fingerprint density at radius 2 is 2.20 bits per heavy atom. The van der Waals surface area contributed by atoms with Gasteiger partial charge in [0.15, 0.2) is 0 Å². The smallest absolute Gasteiger partial charge is 0.122 e. The number of rotatable bonds is 5. The van der Waals surface area contributed by atoms with Gasteiger partial charge in [-0.3, -0.25) is 0 Å². The van der Waals surface area contributed by atoms with Crippen LogP contribution < -0.4 is 10.1 Å². The van der Waals surface area contributed by atoms with E-state index in [1.54, 1.807) is 0 Å². The molecule has 2 atom stereocenters. The van der Waals surface area contributed by atoms with E-state index < -0.39 is 0 Å². The molecule has 1 aromatic rings. The summed E-state index contributed by atoms with van der Waals surface area (Å²) in [6.45, 7) is 3.90. The lowest BCUT2D eigenvalue weighted by Crippen LogP contribution is -2.10. The molecule has 2 heteroatoms. The molecule has 2 rings (SSSR count). The van der Waals surface area contributed by atoms with Gasteiger partial charge in [0.05, 0.1) is 6.61 Å². The van der Waals surface area contributed by atoms with E-state index in [2.05, 4.69) is 23.5 Å². The topological polar surface area (TPSA) is 21.3 Å². The summed E-state index contributed by atoms with van der Waals surface area (Å²) in [5.74, 6) is 2.58. The summed E-state index contributed by atoms with van der Waals surface area (Å²) >= 11 is 0. The molecule has 1 aliphatic carbocycles. The lowest BCUT2D eigenvalue weighted by Gasteiger charge is -2.09. The maximum absolute atomic E-state index is 5.64. The van der Waals surface area contributed by atoms with Crippen molar-refractivity contribution in [3.63, 3.8) is 0 Å². The van der Waals surface area contributed by atoms with Crippen LogP contribution in [0.4, 0.5) is 0 Å². The third-order valence-electron chi connectivity index (χ3n) is 3.01. The second-order valence-corrected chi connectivity index (χ2v) is 4.13. The number of para-hydroxylation sites is 1. The van der Waals surface area contributed by atoms with Crippen molar-refractivity contribution >= 4 is 0 Å². The average Bonchev–Trinajstić information content (AvgIpc) is 2.99. The minimum absolute atomic E-state index is 0.709. The Hall–Kier alpha value is -1.02. The summed E-state index contributed by atoms with van der Waals surface area (Å²) in [5, 5.41) is 3.24. The van der Waals surface area contributed by atoms with Gasteiger partial charge in [0, 0.05) is 0 Å². The number of ether oxygens (including phenoxy) is 1. The molecule has 0 saturated heterocycles. The Balaban J connectivity index is 2.08. The number of nitrogens with one attached hydrogen (secondary N) is 1. The Kier molecular flexibility index (Phi) is 3.27. The summed E-state index contributed by atoms with van der Waals surface area (Å²) < 4.78 is 5.64. The first-order chi connectivity index (χ1) is 7.36. The van der Waals surface area contributed by atoms with Crippen molar-refractivity contribution in [3.8, 4) is 5.75 Å². The zero-order valence-corrected chi connectivity index (χ0v) is 9.49. The fourth-order valence-corrected chi connectivity index (χ4v) is 2.19. The quantitative estimate of drug-likeness (QED) is 0.797. The normalized spacial score (nSPS) is 23.9. The standard InChI is InChI=1S/C13H19NO/c1-3-15-13-7-5-4-6-11(13)12-8-10(12)9-14-2/h4-7,10,12,14H,3,8-9H2,1-2H3/t10-,12+/m1/s1. The first-order valence-electron chi connectivity index (χ1n) is 5.73. The van der Waals surface area contributed by atoms with E-state index in [0.29, 0.717) is 5.92 Å². The Morgan fingerprint density at radius 3 is 2.93 bits per heavy atom. The largest absolute Gasteiger partial charge is 0.494 e. The summed E-state index contributed by atoms with van der Waals surface area (Å²) in [5.41, 5.74) is 1.39. The summed E-state index contributed by atoms with van der Waals surface area (Å²) in [6.07, 6.45) is 1.30. The van der Waals surface area contributed by atoms with Gasteiger partial charge in [-0.05, 0) is 50.4 Å². The number of hydrogen-bond acceptors (Lipinski definition) is 2. The predicted molar refractivity (Wildman–Crippen MR) is 62.4 cm³/mol. The zero-order chi connectivity index (χ0) is 10.7. The van der Waals surface area contributed by atoms with Gasteiger partial charge >= 0.3 is 0 Å². The van der Waals surface area contributed by atoms with E-state index in [9.17, 15) is 0 Å². The van der Waals surface area contributed by atoms with Gasteiger partial charge < -0.3 is 10.1 Å². The van der Waals surface area contributed by atoms with Gasteiger partial charge in [0.1, 0.15) is 5.75 Å². The monoisotopic (exact) mass is 205 g/mol. The molecule has 0 radical (unpaired) electrons. The third kappa shape index (κ3) is 2.32. The summed E-state index contributed by atoms with van der Waals surface area (Å²) in [7, 11) is 2.02. The highest BCUT2D eigenvalue weighted by Gasteiger charge is 2.39. The lowest BCUT2D eigenvalue weighted by atomic mass is 10.1. The Labute approximate surface area is 91.6 Å². The average molecular weight is 205 g/mol. The number of hydrogen-bond donors (Lipinski definition) is 1. The van der Waals surface area contributed by atoms with Crippen LogP contribution in [0.25, 0.3) is 0 Å². The number of benzene rings is 1. The van der Waals surface area contributed by atoms with Gasteiger partial charge in [0.25, 0.3) is 0 Å². The lowest BCUT2D eigenvalue weighted by molar-refractivity contribution is 0.336. The zero-order valence-electron chi connectivity index (χ0n) is 9.49. The molecule has 0 spiro atoms. The van der Waals surface area contributed by atoms with E-state index in [1.165, 1.54) is 12.0 Å². The first-order valence-corrected chi connectivity index (χ1v) is 5.73. The highest BCUT2D eigenvalue weighted by Crippen LogP contribution is 2.49. The van der Waals surface area contributed by atoms with Crippen LogP contribution in [0.5, 0.6) is 5.75 Å². The van der Waals surface area contributed by atoms with Crippen LogP contribution in [-0.4, -0.2) is 20.2 Å². The van der Waals surface area contributed by atoms with E-state index >= 15 is 0 Å². The molecule has 0 bridgehead atoms. The van der Waals surface area contributed by atoms with Crippen LogP contribution in [0, 0.1) is 5.92 Å². The molecule has 1 fully saturated rings. The van der Waals surface area contributed by atoms with Crippen LogP contribution in [0.2, 0.25) is 0 Å². The fraction of sp³-hybridized carbons (Fsp3) is 0.538. The summed E-state index contributed by atoms with van der Waals surface area (Å²) in [4.78, 5) is 0. The third-order valence-corrected chi connectivity index (χ3v) is 3.01. The first kappa shape index (κ1) is 10.5. The van der Waals surface area contributed by atoms with E-state index in [1.807, 2.05) is 20.0 Å². The van der Waals surface area contributed by atoms with E-state index in [0.717, 1.165) is 24.8 Å². The van der Waals surface area contributed by atoms with Gasteiger partial charge in [-0.15, -0.1) is 0 Å². The maximum atomic E-state index is 5.64. The minimum atomic E-state index is 0.709. The molecule has 0 unspecified atom stereocenters. The Bertz CT molecular complexity index is 324. The molecule has 82 valence electrons. The molecule has 1 N–H and O–H groups in total. The van der Waals surface area contributed by atoms with Crippen LogP contribution in [0.3, 0.4) is 0 Å². The van der Waals surface area contributed by atoms with Crippen molar-refractivity contribution < 1.29 is 4.74 Å². The van der Waals surface area contributed by atoms with Crippen molar-refractivity contribution in [3.05, 3.63) is 29.8 Å². The highest BCUT2D eigenvalue weighted by atomic mass is 16.5. The Morgan fingerprint density at radius 1 is 1.40 bits per heavy atom. The molecule has 1 aliphatic rings. The second kappa shape index (κ2) is 4.67. The van der Waals surface area contributed by atoms with Crippen molar-refractivity contribution in [2.75, 3.05) is 20.2 Å². The van der Waals surface area contributed by atoms with E-state index in [-0.39, 0.29) is 0 Å². The minimum Gasteiger partial charge on any atom is -0.494 e. The molecular formula is C13H19NO. The SMILES string of the molecule is CCOc1ccccc1[C@H]1C[C@@H]1CNC. The molecule has 0 amide bonds. The van der Waals surface area contributed by atoms with Crippen LogP contribution in [0.15, 0.2) is 24.3 Å². The van der Waals surface area contributed by atoms with Gasteiger partial charge in [0.2, 0.25) is 0 Å². The summed E-state index contributed by atoms with van der Waals surface area (Å²) in [6, 6.07) is 8.43. The molecule has 2 nitrogen and oxygen atoms in total. The van der Waals surface area contributed by atoms with Crippen LogP contribution in [0.1, 0.15) is 24.8 Å². The molecule has 15 heavy (non-hydrogen) atoms. The molecule has 0 aromatic heterocycles.